The first kappa shape index (κ1) is 40.0. The molecule has 4 rings (SSSR count). The smallest absolute Gasteiger partial charge is 0.422 e. The van der Waals surface area contributed by atoms with Crippen LogP contribution in [0.15, 0.2) is 60.0 Å². The van der Waals surface area contributed by atoms with Gasteiger partial charge in [0.05, 0.1) is 29.7 Å². The van der Waals surface area contributed by atoms with E-state index in [2.05, 4.69) is 10.2 Å². The highest BCUT2D eigenvalue weighted by atomic mass is 16.6. The number of nitrogens with zero attached hydrogens (tertiary/aromatic N) is 7. The minimum absolute atomic E-state index is 0.0200. The van der Waals surface area contributed by atoms with Crippen molar-refractivity contribution in [2.75, 3.05) is 44.1 Å². The number of likely N-dealkylation sites (N-methyl/N-ethyl adjacent to an activating group) is 2. The molecule has 0 aliphatic rings. The minimum Gasteiger partial charge on any atom is -0.494 e. The van der Waals surface area contributed by atoms with Gasteiger partial charge in [-0.25, -0.2) is 29.3 Å². The Kier molecular flexibility index (Phi) is 11.7. The third-order valence-corrected chi connectivity index (χ3v) is 7.50. The van der Waals surface area contributed by atoms with Crippen LogP contribution in [0.2, 0.25) is 0 Å². The molecule has 0 aliphatic heterocycles. The average molecular weight is 732 g/mol. The first-order chi connectivity index (χ1) is 24.6. The molecule has 4 aromatic rings. The summed E-state index contributed by atoms with van der Waals surface area (Å²) in [7, 11) is 4.77. The topological polar surface area (TPSA) is 158 Å². The van der Waals surface area contributed by atoms with Crippen LogP contribution in [-0.2, 0) is 14.2 Å². The third kappa shape index (κ3) is 9.99. The highest BCUT2D eigenvalue weighted by Gasteiger charge is 2.32. The fourth-order valence-corrected chi connectivity index (χ4v) is 5.16. The number of nitroso groups, excluding NO2 is 1. The molecule has 2 amide bonds. The number of methoxy groups -OCH3 is 1. The average Bonchev–Trinajstić information content (AvgIpc) is 3.45. The summed E-state index contributed by atoms with van der Waals surface area (Å²) in [6.45, 7) is 16.4. The maximum absolute atomic E-state index is 14.0. The third-order valence-electron chi connectivity index (χ3n) is 7.50. The van der Waals surface area contributed by atoms with E-state index in [1.165, 1.54) is 28.8 Å². The fourth-order valence-electron chi connectivity index (χ4n) is 5.16. The highest BCUT2D eigenvalue weighted by Crippen LogP contribution is 2.43. The molecule has 2 aromatic carbocycles. The van der Waals surface area contributed by atoms with Gasteiger partial charge < -0.3 is 28.7 Å². The Morgan fingerprint density at radius 3 is 2.04 bits per heavy atom. The highest BCUT2D eigenvalue weighted by molar-refractivity contribution is 6.01. The first-order valence-electron chi connectivity index (χ1n) is 17.0. The van der Waals surface area contributed by atoms with E-state index in [0.29, 0.717) is 34.4 Å². The minimum atomic E-state index is -0.924. The summed E-state index contributed by atoms with van der Waals surface area (Å²) in [4.78, 5) is 65.6. The zero-order chi connectivity index (χ0) is 39.5. The number of hydrogen-bond acceptors (Lipinski definition) is 12. The van der Waals surface area contributed by atoms with Crippen LogP contribution in [0.1, 0.15) is 62.3 Å². The number of rotatable bonds is 9. The Labute approximate surface area is 309 Å². The van der Waals surface area contributed by atoms with Gasteiger partial charge in [0.1, 0.15) is 28.2 Å². The van der Waals surface area contributed by atoms with Crippen molar-refractivity contribution in [1.82, 2.24) is 19.4 Å². The van der Waals surface area contributed by atoms with Crippen LogP contribution in [0.3, 0.4) is 0 Å². The van der Waals surface area contributed by atoms with E-state index in [9.17, 15) is 19.3 Å². The van der Waals surface area contributed by atoms with Crippen LogP contribution in [0.4, 0.5) is 37.4 Å². The second-order valence-electron chi connectivity index (χ2n) is 15.4. The fraction of sp³-hybridized carbons (Fsp3) is 0.447. The van der Waals surface area contributed by atoms with Crippen LogP contribution in [-0.4, -0.2) is 88.8 Å². The SMILES string of the molecule is COc1cc(N(C)CCN(C)C(=O)OC(C)(C)C)c(N=O)cc1N(C(=O)OC(C)(C)C)c1nccc(-c2cn(C(=O)OC(C)(C)C)c3ccccc23)n1. The molecular weight excluding hydrogens is 682 g/mol. The quantitative estimate of drug-likeness (QED) is 0.120. The van der Waals surface area contributed by atoms with Crippen LogP contribution in [0, 0.1) is 4.91 Å². The molecule has 0 fully saturated rings. The van der Waals surface area contributed by atoms with Gasteiger partial charge in [0, 0.05) is 56.6 Å². The van der Waals surface area contributed by atoms with Crippen LogP contribution < -0.4 is 14.5 Å². The van der Waals surface area contributed by atoms with Crippen LogP contribution in [0.5, 0.6) is 5.75 Å². The summed E-state index contributed by atoms with van der Waals surface area (Å²) >= 11 is 0. The molecule has 15 nitrogen and oxygen atoms in total. The van der Waals surface area contributed by atoms with Crippen molar-refractivity contribution < 1.29 is 33.3 Å². The Balaban J connectivity index is 1.80. The lowest BCUT2D eigenvalue weighted by Crippen LogP contribution is -2.38. The molecule has 15 heteroatoms. The van der Waals surface area contributed by atoms with E-state index in [1.54, 1.807) is 106 Å². The lowest BCUT2D eigenvalue weighted by Gasteiger charge is -2.29. The predicted molar refractivity (Wildman–Crippen MR) is 204 cm³/mol. The van der Waals surface area contributed by atoms with Gasteiger partial charge in [-0.05, 0) is 85.7 Å². The molecule has 2 heterocycles. The van der Waals surface area contributed by atoms with Crippen molar-refractivity contribution in [2.45, 2.75) is 79.1 Å². The summed E-state index contributed by atoms with van der Waals surface area (Å²) < 4.78 is 24.1. The number of fused-ring (bicyclic) bond motifs is 1. The second kappa shape index (κ2) is 15.5. The van der Waals surface area contributed by atoms with Crippen molar-refractivity contribution in [2.24, 2.45) is 5.18 Å². The molecular formula is C38H49N7O8. The van der Waals surface area contributed by atoms with E-state index in [-0.39, 0.29) is 29.6 Å². The number of carbonyl (C=O) groups excluding carboxylic acids is 3. The standard InChI is InChI=1S/C38H49N7O8/c1-36(2,3)51-33(46)43(11)20-19-42(10)29-22-31(50-12)30(21-27(29)41-49)45(35(48)53-38(7,8)9)32-39-18-17-26(40-32)25-23-44(34(47)52-37(4,5)6)28-16-14-13-15-24(25)28/h13-18,21-23H,19-20H2,1-12H3. The molecule has 0 spiro atoms. The van der Waals surface area contributed by atoms with Gasteiger partial charge in [0.25, 0.3) is 0 Å². The molecule has 0 saturated heterocycles. The monoisotopic (exact) mass is 731 g/mol. The van der Waals surface area contributed by atoms with Gasteiger partial charge in [-0.1, -0.05) is 18.2 Å². The van der Waals surface area contributed by atoms with Crippen LogP contribution >= 0.6 is 0 Å². The number of carbonyl (C=O) groups is 3. The maximum Gasteiger partial charge on any atom is 0.422 e. The number of amides is 2. The van der Waals surface area contributed by atoms with E-state index < -0.39 is 35.1 Å². The molecule has 53 heavy (non-hydrogen) atoms. The van der Waals surface area contributed by atoms with E-state index in [0.717, 1.165) is 4.90 Å². The van der Waals surface area contributed by atoms with E-state index in [1.807, 2.05) is 18.2 Å². The molecule has 0 aliphatic carbocycles. The summed E-state index contributed by atoms with van der Waals surface area (Å²) in [5.41, 5.74) is -0.290. The van der Waals surface area contributed by atoms with Gasteiger partial charge in [-0.3, -0.25) is 4.57 Å². The van der Waals surface area contributed by atoms with Crippen molar-refractivity contribution >= 4 is 52.2 Å². The van der Waals surface area contributed by atoms with Crippen molar-refractivity contribution in [3.63, 3.8) is 0 Å². The largest absolute Gasteiger partial charge is 0.494 e. The Hall–Kier alpha value is -5.73. The molecule has 0 unspecified atom stereocenters. The lowest BCUT2D eigenvalue weighted by atomic mass is 10.1. The molecule has 0 saturated carbocycles. The zero-order valence-corrected chi connectivity index (χ0v) is 32.5. The maximum atomic E-state index is 14.0. The molecule has 2 aromatic heterocycles. The number of ether oxygens (including phenoxy) is 4. The number of hydrogen-bond donors (Lipinski definition) is 0. The molecule has 0 N–H and O–H groups in total. The van der Waals surface area contributed by atoms with Gasteiger partial charge in [-0.2, -0.15) is 0 Å². The first-order valence-corrected chi connectivity index (χ1v) is 17.0. The van der Waals surface area contributed by atoms with E-state index >= 15 is 0 Å². The molecule has 0 atom stereocenters. The van der Waals surface area contributed by atoms with Gasteiger partial charge in [-0.15, -0.1) is 4.91 Å². The zero-order valence-electron chi connectivity index (χ0n) is 32.5. The summed E-state index contributed by atoms with van der Waals surface area (Å²) in [6.07, 6.45) is 1.20. The normalized spacial score (nSPS) is 11.8. The summed E-state index contributed by atoms with van der Waals surface area (Å²) in [6, 6.07) is 11.9. The molecule has 0 bridgehead atoms. The molecule has 284 valence electrons. The predicted octanol–water partition coefficient (Wildman–Crippen LogP) is 8.66. The second-order valence-corrected chi connectivity index (χ2v) is 15.4. The van der Waals surface area contributed by atoms with Crippen molar-refractivity contribution in [3.8, 4) is 17.0 Å². The van der Waals surface area contributed by atoms with Crippen LogP contribution in [0.25, 0.3) is 22.2 Å². The summed E-state index contributed by atoms with van der Waals surface area (Å²) in [5, 5.41) is 3.98. The van der Waals surface area contributed by atoms with Crippen molar-refractivity contribution in [1.29, 1.82) is 0 Å². The lowest BCUT2D eigenvalue weighted by molar-refractivity contribution is 0.0303. The summed E-state index contributed by atoms with van der Waals surface area (Å²) in [5.74, 6) is 0.0854. The van der Waals surface area contributed by atoms with E-state index in [4.69, 9.17) is 23.9 Å². The number of para-hydroxylation sites is 1. The van der Waals surface area contributed by atoms with Gasteiger partial charge in [0.15, 0.2) is 0 Å². The Morgan fingerprint density at radius 2 is 1.43 bits per heavy atom. The Morgan fingerprint density at radius 1 is 0.811 bits per heavy atom. The number of benzene rings is 2. The number of aromatic nitrogens is 3. The van der Waals surface area contributed by atoms with Crippen molar-refractivity contribution in [3.05, 3.63) is 59.8 Å². The number of anilines is 3. The Bertz CT molecular complexity index is 1990. The van der Waals surface area contributed by atoms with Gasteiger partial charge >= 0.3 is 18.3 Å². The van der Waals surface area contributed by atoms with Gasteiger partial charge in [0.2, 0.25) is 5.95 Å². The molecule has 0 radical (unpaired) electrons.